The fraction of sp³-hybridized carbons (Fsp3) is 0.786. The summed E-state index contributed by atoms with van der Waals surface area (Å²) < 4.78 is 0. The molecule has 1 saturated carbocycles. The van der Waals surface area contributed by atoms with Gasteiger partial charge in [0.25, 0.3) is 0 Å². The predicted octanol–water partition coefficient (Wildman–Crippen LogP) is 1.68. The van der Waals surface area contributed by atoms with E-state index in [1.165, 1.54) is 38.5 Å². The lowest BCUT2D eigenvalue weighted by Gasteiger charge is -2.29. The van der Waals surface area contributed by atoms with Crippen LogP contribution >= 0.6 is 0 Å². The van der Waals surface area contributed by atoms with Gasteiger partial charge in [0, 0.05) is 26.7 Å². The van der Waals surface area contributed by atoms with Crippen molar-refractivity contribution in [3.8, 4) is 0 Å². The van der Waals surface area contributed by atoms with Gasteiger partial charge in [0.1, 0.15) is 0 Å². The van der Waals surface area contributed by atoms with Gasteiger partial charge in [-0.15, -0.1) is 0 Å². The van der Waals surface area contributed by atoms with Crippen LogP contribution in [0, 0.1) is 5.92 Å². The highest BCUT2D eigenvalue weighted by molar-refractivity contribution is 5.44. The summed E-state index contributed by atoms with van der Waals surface area (Å²) in [5.41, 5.74) is 5.85. The van der Waals surface area contributed by atoms with Gasteiger partial charge in [0.2, 0.25) is 17.8 Å². The molecule has 0 radical (unpaired) electrons. The van der Waals surface area contributed by atoms with Crippen molar-refractivity contribution in [1.82, 2.24) is 15.0 Å². The lowest BCUT2D eigenvalue weighted by atomic mass is 9.96. The van der Waals surface area contributed by atoms with Crippen molar-refractivity contribution >= 4 is 17.8 Å². The van der Waals surface area contributed by atoms with Crippen molar-refractivity contribution in [2.75, 3.05) is 36.2 Å². The third-order valence-electron chi connectivity index (χ3n) is 4.53. The zero-order chi connectivity index (χ0) is 14.1. The lowest BCUT2D eigenvalue weighted by Crippen LogP contribution is -2.36. The first-order chi connectivity index (χ1) is 9.65. The fourth-order valence-electron chi connectivity index (χ4n) is 3.57. The van der Waals surface area contributed by atoms with Gasteiger partial charge in [-0.25, -0.2) is 0 Å². The van der Waals surface area contributed by atoms with Gasteiger partial charge in [-0.3, -0.25) is 0 Å². The van der Waals surface area contributed by atoms with E-state index in [1.54, 1.807) is 0 Å². The Balaban J connectivity index is 1.87. The second kappa shape index (κ2) is 5.42. The smallest absolute Gasteiger partial charge is 0.232 e. The van der Waals surface area contributed by atoms with E-state index in [2.05, 4.69) is 19.9 Å². The minimum Gasteiger partial charge on any atom is -0.368 e. The van der Waals surface area contributed by atoms with Crippen LogP contribution in [0.15, 0.2) is 0 Å². The van der Waals surface area contributed by atoms with Gasteiger partial charge in [-0.2, -0.15) is 15.0 Å². The Hall–Kier alpha value is -1.59. The Morgan fingerprint density at radius 3 is 2.50 bits per heavy atom. The molecule has 2 N–H and O–H groups in total. The molecule has 20 heavy (non-hydrogen) atoms. The highest BCUT2D eigenvalue weighted by Crippen LogP contribution is 2.37. The van der Waals surface area contributed by atoms with Crippen molar-refractivity contribution in [3.63, 3.8) is 0 Å². The number of aromatic nitrogens is 3. The molecule has 0 amide bonds. The maximum absolute atomic E-state index is 5.85. The molecular weight excluding hydrogens is 252 g/mol. The van der Waals surface area contributed by atoms with Gasteiger partial charge >= 0.3 is 0 Å². The Bertz CT molecular complexity index is 469. The summed E-state index contributed by atoms with van der Waals surface area (Å²) in [4.78, 5) is 17.4. The molecule has 0 aromatic carbocycles. The average molecular weight is 276 g/mol. The van der Waals surface area contributed by atoms with Crippen molar-refractivity contribution in [2.24, 2.45) is 5.92 Å². The molecule has 1 aliphatic carbocycles. The normalized spacial score (nSPS) is 23.5. The third-order valence-corrected chi connectivity index (χ3v) is 4.53. The maximum Gasteiger partial charge on any atom is 0.232 e. The zero-order valence-corrected chi connectivity index (χ0v) is 12.4. The number of hydrogen-bond acceptors (Lipinski definition) is 6. The van der Waals surface area contributed by atoms with Crippen molar-refractivity contribution in [3.05, 3.63) is 0 Å². The number of anilines is 3. The van der Waals surface area contributed by atoms with E-state index in [-0.39, 0.29) is 0 Å². The number of nitrogens with two attached hydrogens (primary N) is 1. The molecule has 6 nitrogen and oxygen atoms in total. The molecule has 1 unspecified atom stereocenters. The minimum atomic E-state index is 0.316. The number of hydrogen-bond donors (Lipinski definition) is 1. The molecule has 1 aromatic heterocycles. The lowest BCUT2D eigenvalue weighted by molar-refractivity contribution is 0.427. The predicted molar refractivity (Wildman–Crippen MR) is 80.9 cm³/mol. The first-order valence-electron chi connectivity index (χ1n) is 7.60. The zero-order valence-electron chi connectivity index (χ0n) is 12.4. The molecule has 1 aliphatic heterocycles. The van der Waals surface area contributed by atoms with E-state index < -0.39 is 0 Å². The Morgan fingerprint density at radius 1 is 1.05 bits per heavy atom. The van der Waals surface area contributed by atoms with Crippen LogP contribution in [0.4, 0.5) is 17.8 Å². The summed E-state index contributed by atoms with van der Waals surface area (Å²) >= 11 is 0. The van der Waals surface area contributed by atoms with Crippen molar-refractivity contribution in [2.45, 2.75) is 44.6 Å². The molecule has 1 atom stereocenters. The molecule has 2 aliphatic rings. The van der Waals surface area contributed by atoms with Crippen LogP contribution in [0.2, 0.25) is 0 Å². The Kier molecular flexibility index (Phi) is 3.63. The third kappa shape index (κ3) is 2.51. The monoisotopic (exact) mass is 276 g/mol. The molecule has 1 saturated heterocycles. The Labute approximate surface area is 120 Å². The number of nitrogen functional groups attached to an aromatic ring is 1. The largest absolute Gasteiger partial charge is 0.368 e. The highest BCUT2D eigenvalue weighted by atomic mass is 15.4. The quantitative estimate of drug-likeness (QED) is 0.905. The second-order valence-electron chi connectivity index (χ2n) is 6.14. The van der Waals surface area contributed by atoms with Gasteiger partial charge in [0.05, 0.1) is 0 Å². The summed E-state index contributed by atoms with van der Waals surface area (Å²) in [5.74, 6) is 2.52. The van der Waals surface area contributed by atoms with Crippen molar-refractivity contribution in [1.29, 1.82) is 0 Å². The maximum atomic E-state index is 5.85. The van der Waals surface area contributed by atoms with Crippen LogP contribution in [0.25, 0.3) is 0 Å². The molecular formula is C14H24N6. The van der Waals surface area contributed by atoms with Crippen LogP contribution < -0.4 is 15.5 Å². The van der Waals surface area contributed by atoms with Gasteiger partial charge < -0.3 is 15.5 Å². The molecule has 2 fully saturated rings. The van der Waals surface area contributed by atoms with E-state index in [1.807, 2.05) is 19.0 Å². The van der Waals surface area contributed by atoms with Gasteiger partial charge in [-0.05, 0) is 31.6 Å². The van der Waals surface area contributed by atoms with E-state index >= 15 is 0 Å². The summed E-state index contributed by atoms with van der Waals surface area (Å²) in [7, 11) is 3.86. The summed E-state index contributed by atoms with van der Waals surface area (Å²) in [6.45, 7) is 1.04. The van der Waals surface area contributed by atoms with Crippen molar-refractivity contribution < 1.29 is 0 Å². The first-order valence-corrected chi connectivity index (χ1v) is 7.60. The van der Waals surface area contributed by atoms with Crippen LogP contribution in [0.3, 0.4) is 0 Å². The highest BCUT2D eigenvalue weighted by Gasteiger charge is 2.35. The molecule has 0 spiro atoms. The minimum absolute atomic E-state index is 0.316. The molecule has 1 aromatic rings. The van der Waals surface area contributed by atoms with Gasteiger partial charge in [0.15, 0.2) is 0 Å². The molecule has 3 rings (SSSR count). The van der Waals surface area contributed by atoms with Crippen LogP contribution in [-0.2, 0) is 0 Å². The molecule has 0 bridgehead atoms. The summed E-state index contributed by atoms with van der Waals surface area (Å²) in [6, 6.07) is 0.592. The van der Waals surface area contributed by atoms with E-state index in [4.69, 9.17) is 5.73 Å². The topological polar surface area (TPSA) is 71.2 Å². The Morgan fingerprint density at radius 2 is 1.80 bits per heavy atom. The molecule has 6 heteroatoms. The van der Waals surface area contributed by atoms with Gasteiger partial charge in [-0.1, -0.05) is 12.8 Å². The van der Waals surface area contributed by atoms with E-state index in [0.717, 1.165) is 18.4 Å². The summed E-state index contributed by atoms with van der Waals surface area (Å²) in [5, 5.41) is 0. The van der Waals surface area contributed by atoms with E-state index in [9.17, 15) is 0 Å². The molecule has 110 valence electrons. The first kappa shape index (κ1) is 13.4. The SMILES string of the molecule is CN(C)c1nc(N)nc(N2CCCC2C2CCCC2)n1. The van der Waals surface area contributed by atoms with Crippen LogP contribution in [0.5, 0.6) is 0 Å². The number of rotatable bonds is 3. The average Bonchev–Trinajstić information content (AvgIpc) is 3.08. The number of nitrogens with zero attached hydrogens (tertiary/aromatic N) is 5. The van der Waals surface area contributed by atoms with E-state index in [0.29, 0.717) is 17.9 Å². The summed E-state index contributed by atoms with van der Waals surface area (Å²) in [6.07, 6.45) is 7.93. The fourth-order valence-corrected chi connectivity index (χ4v) is 3.57. The van der Waals surface area contributed by atoms with Crippen LogP contribution in [0.1, 0.15) is 38.5 Å². The van der Waals surface area contributed by atoms with Crippen LogP contribution in [-0.4, -0.2) is 41.6 Å². The molecule has 2 heterocycles. The standard InChI is InChI=1S/C14H24N6/c1-19(2)13-16-12(15)17-14(18-13)20-9-5-8-11(20)10-6-3-4-7-10/h10-11H,3-9H2,1-2H3,(H2,15,16,17,18). The second-order valence-corrected chi connectivity index (χ2v) is 6.14.